The molecule has 4 heterocycles. The lowest BCUT2D eigenvalue weighted by Gasteiger charge is -2.34. The van der Waals surface area contributed by atoms with Gasteiger partial charge in [-0.3, -0.25) is 14.6 Å². The minimum Gasteiger partial charge on any atom is -0.494 e. The Morgan fingerprint density at radius 3 is 2.79 bits per heavy atom. The highest BCUT2D eigenvalue weighted by Crippen LogP contribution is 2.37. The van der Waals surface area contributed by atoms with E-state index in [2.05, 4.69) is 4.90 Å². The van der Waals surface area contributed by atoms with Gasteiger partial charge in [-0.25, -0.2) is 13.4 Å². The highest BCUT2D eigenvalue weighted by Gasteiger charge is 2.36. The molecule has 0 saturated carbocycles. The maximum atomic E-state index is 14.1. The fourth-order valence-corrected chi connectivity index (χ4v) is 8.83. The number of thiazole rings is 1. The molecule has 1 unspecified atom stereocenters. The number of benzene rings is 1. The van der Waals surface area contributed by atoms with Crippen LogP contribution >= 0.6 is 22.7 Å². The molecule has 1 aromatic carbocycles. The van der Waals surface area contributed by atoms with Gasteiger partial charge in [0.25, 0.3) is 10.0 Å². The third-order valence-corrected chi connectivity index (χ3v) is 11.6. The van der Waals surface area contributed by atoms with Crippen LogP contribution in [-0.4, -0.2) is 88.1 Å². The van der Waals surface area contributed by atoms with E-state index in [4.69, 9.17) is 14.5 Å². The van der Waals surface area contributed by atoms with Crippen LogP contribution < -0.4 is 9.64 Å². The predicted molar refractivity (Wildman–Crippen MR) is 151 cm³/mol. The van der Waals surface area contributed by atoms with Gasteiger partial charge in [-0.2, -0.15) is 4.31 Å². The number of aryl methyl sites for hydroxylation is 1. The summed E-state index contributed by atoms with van der Waals surface area (Å²) >= 11 is 2.70. The molecule has 2 fully saturated rings. The molecule has 0 spiro atoms. The molecule has 2 aromatic heterocycles. The third-order valence-electron chi connectivity index (χ3n) is 7.19. The first-order valence-corrected chi connectivity index (χ1v) is 16.1. The van der Waals surface area contributed by atoms with E-state index in [-0.39, 0.29) is 12.5 Å². The molecule has 12 heteroatoms. The normalized spacial score (nSPS) is 19.6. The molecular weight excluding hydrogens is 545 g/mol. The minimum atomic E-state index is -3.61. The Kier molecular flexibility index (Phi) is 8.65. The topological polar surface area (TPSA) is 92.3 Å². The number of methoxy groups -OCH3 is 1. The molecule has 0 aliphatic carbocycles. The van der Waals surface area contributed by atoms with Gasteiger partial charge in [-0.1, -0.05) is 23.5 Å². The number of carbonyl (C=O) groups excluding carboxylic acids is 1. The number of piperidine rings is 1. The standard InChI is InChI=1S/C26H34N4O5S3/c1-19-8-9-21(34-2)23-24(19)37-26(27-23)30(12-5-10-28-13-15-35-16-14-28)25(31)20-6-3-11-29(18-20)38(32,33)22-7-4-17-36-22/h4,7-9,17,20H,3,5-6,10-16,18H2,1-2H3. The Bertz CT molecular complexity index is 1350. The molecule has 1 amide bonds. The molecule has 0 bridgehead atoms. The fourth-order valence-electron chi connectivity index (χ4n) is 5.08. The second-order valence-corrected chi connectivity index (χ2v) is 13.8. The Balaban J connectivity index is 1.40. The van der Waals surface area contributed by atoms with Crippen molar-refractivity contribution in [2.24, 2.45) is 5.92 Å². The maximum Gasteiger partial charge on any atom is 0.252 e. The van der Waals surface area contributed by atoms with Crippen LogP contribution in [0.3, 0.4) is 0 Å². The van der Waals surface area contributed by atoms with Gasteiger partial charge in [0.1, 0.15) is 15.5 Å². The molecule has 2 aliphatic heterocycles. The molecule has 9 nitrogen and oxygen atoms in total. The Morgan fingerprint density at radius 2 is 2.05 bits per heavy atom. The second-order valence-electron chi connectivity index (χ2n) is 9.69. The molecule has 5 rings (SSSR count). The molecular formula is C26H34N4O5S3. The van der Waals surface area contributed by atoms with Crippen LogP contribution in [0, 0.1) is 12.8 Å². The summed E-state index contributed by atoms with van der Waals surface area (Å²) in [6.45, 7) is 7.28. The van der Waals surface area contributed by atoms with Crippen LogP contribution in [-0.2, 0) is 19.6 Å². The van der Waals surface area contributed by atoms with Crippen molar-refractivity contribution in [2.75, 3.05) is 64.5 Å². The monoisotopic (exact) mass is 578 g/mol. The molecule has 1 atom stereocenters. The highest BCUT2D eigenvalue weighted by molar-refractivity contribution is 7.91. The molecule has 38 heavy (non-hydrogen) atoms. The van der Waals surface area contributed by atoms with Gasteiger partial charge in [0.15, 0.2) is 5.13 Å². The van der Waals surface area contributed by atoms with Crippen molar-refractivity contribution in [2.45, 2.75) is 30.4 Å². The number of rotatable bonds is 9. The van der Waals surface area contributed by atoms with E-state index in [0.29, 0.717) is 41.0 Å². The number of hydrogen-bond donors (Lipinski definition) is 0. The Hall–Kier alpha value is -2.09. The zero-order valence-electron chi connectivity index (χ0n) is 21.8. The van der Waals surface area contributed by atoms with Gasteiger partial charge in [0.05, 0.1) is 30.9 Å². The van der Waals surface area contributed by atoms with Crippen LogP contribution in [0.4, 0.5) is 5.13 Å². The molecule has 0 N–H and O–H groups in total. The van der Waals surface area contributed by atoms with Crippen molar-refractivity contribution < 1.29 is 22.7 Å². The van der Waals surface area contributed by atoms with Crippen molar-refractivity contribution >= 4 is 54.0 Å². The zero-order valence-corrected chi connectivity index (χ0v) is 24.2. The number of nitrogens with zero attached hydrogens (tertiary/aromatic N) is 4. The Morgan fingerprint density at radius 1 is 1.24 bits per heavy atom. The van der Waals surface area contributed by atoms with Crippen molar-refractivity contribution in [1.82, 2.24) is 14.2 Å². The summed E-state index contributed by atoms with van der Waals surface area (Å²) in [5.41, 5.74) is 1.83. The van der Waals surface area contributed by atoms with Gasteiger partial charge in [0.2, 0.25) is 5.91 Å². The van der Waals surface area contributed by atoms with Crippen LogP contribution in [0.1, 0.15) is 24.8 Å². The summed E-state index contributed by atoms with van der Waals surface area (Å²) in [6, 6.07) is 7.27. The summed E-state index contributed by atoms with van der Waals surface area (Å²) in [5.74, 6) is 0.199. The number of ether oxygens (including phenoxy) is 2. The number of thiophene rings is 1. The zero-order chi connectivity index (χ0) is 26.7. The molecule has 0 radical (unpaired) electrons. The summed E-state index contributed by atoms with van der Waals surface area (Å²) in [4.78, 5) is 23.1. The minimum absolute atomic E-state index is 0.0614. The summed E-state index contributed by atoms with van der Waals surface area (Å²) < 4.78 is 40.2. The molecule has 2 aliphatic rings. The van der Waals surface area contributed by atoms with Gasteiger partial charge in [-0.15, -0.1) is 11.3 Å². The molecule has 2 saturated heterocycles. The number of aromatic nitrogens is 1. The average Bonchev–Trinajstić information content (AvgIpc) is 3.64. The number of amides is 1. The number of carbonyl (C=O) groups is 1. The van der Waals surface area contributed by atoms with Crippen molar-refractivity contribution in [3.63, 3.8) is 0 Å². The smallest absolute Gasteiger partial charge is 0.252 e. The molecule has 3 aromatic rings. The SMILES string of the molecule is COc1ccc(C)c2sc(N(CCCN3CCOCC3)C(=O)C3CCCN(S(=O)(=O)c4cccs4)C3)nc12. The van der Waals surface area contributed by atoms with Gasteiger partial charge in [0, 0.05) is 39.3 Å². The highest BCUT2D eigenvalue weighted by atomic mass is 32.2. The maximum absolute atomic E-state index is 14.1. The van der Waals surface area contributed by atoms with Crippen LogP contribution in [0.2, 0.25) is 0 Å². The van der Waals surface area contributed by atoms with Crippen molar-refractivity contribution in [1.29, 1.82) is 0 Å². The summed E-state index contributed by atoms with van der Waals surface area (Å²) in [5, 5.41) is 2.40. The van der Waals surface area contributed by atoms with Gasteiger partial charge in [-0.05, 0) is 49.3 Å². The van der Waals surface area contributed by atoms with Gasteiger partial charge >= 0.3 is 0 Å². The van der Waals surface area contributed by atoms with E-state index in [9.17, 15) is 13.2 Å². The molecule has 206 valence electrons. The lowest BCUT2D eigenvalue weighted by Crippen LogP contribution is -2.47. The average molecular weight is 579 g/mol. The fraction of sp³-hybridized carbons (Fsp3) is 0.538. The predicted octanol–water partition coefficient (Wildman–Crippen LogP) is 3.83. The lowest BCUT2D eigenvalue weighted by molar-refractivity contribution is -0.123. The van der Waals surface area contributed by atoms with E-state index in [0.717, 1.165) is 55.0 Å². The Labute approximate surface area is 232 Å². The van der Waals surface area contributed by atoms with Crippen LogP contribution in [0.5, 0.6) is 5.75 Å². The van der Waals surface area contributed by atoms with E-state index in [1.807, 2.05) is 19.1 Å². The number of sulfonamides is 1. The first-order valence-electron chi connectivity index (χ1n) is 13.0. The lowest BCUT2D eigenvalue weighted by atomic mass is 9.98. The number of morpholine rings is 1. The largest absolute Gasteiger partial charge is 0.494 e. The quantitative estimate of drug-likeness (QED) is 0.381. The second kappa shape index (κ2) is 12.0. The first-order chi connectivity index (χ1) is 18.4. The summed E-state index contributed by atoms with van der Waals surface area (Å²) in [7, 11) is -1.98. The van der Waals surface area contributed by atoms with E-state index in [1.54, 1.807) is 29.5 Å². The van der Waals surface area contributed by atoms with E-state index >= 15 is 0 Å². The number of anilines is 1. The number of fused-ring (bicyclic) bond motifs is 1. The summed E-state index contributed by atoms with van der Waals surface area (Å²) in [6.07, 6.45) is 2.10. The van der Waals surface area contributed by atoms with E-state index in [1.165, 1.54) is 27.0 Å². The van der Waals surface area contributed by atoms with Crippen molar-refractivity contribution in [3.05, 3.63) is 35.2 Å². The third kappa shape index (κ3) is 5.75. The van der Waals surface area contributed by atoms with Crippen LogP contribution in [0.15, 0.2) is 33.9 Å². The number of hydrogen-bond acceptors (Lipinski definition) is 9. The first kappa shape index (κ1) is 27.5. The van der Waals surface area contributed by atoms with Crippen LogP contribution in [0.25, 0.3) is 10.2 Å². The van der Waals surface area contributed by atoms with E-state index < -0.39 is 15.9 Å². The van der Waals surface area contributed by atoms with Crippen molar-refractivity contribution in [3.8, 4) is 5.75 Å². The van der Waals surface area contributed by atoms with Gasteiger partial charge < -0.3 is 9.47 Å².